The molecule has 0 radical (unpaired) electrons. The van der Waals surface area contributed by atoms with Crippen molar-refractivity contribution in [3.8, 4) is 0 Å². The van der Waals surface area contributed by atoms with E-state index in [0.717, 1.165) is 32.0 Å². The first-order valence-corrected chi connectivity index (χ1v) is 6.67. The molecule has 0 atom stereocenters. The second-order valence-corrected chi connectivity index (χ2v) is 5.49. The van der Waals surface area contributed by atoms with Crippen LogP contribution in [0.3, 0.4) is 0 Å². The van der Waals surface area contributed by atoms with E-state index in [9.17, 15) is 14.5 Å². The molecular formula is C14H19FN2O2. The van der Waals surface area contributed by atoms with Gasteiger partial charge in [0, 0.05) is 24.8 Å². The molecule has 19 heavy (non-hydrogen) atoms. The summed E-state index contributed by atoms with van der Waals surface area (Å²) < 4.78 is 13.4. The second-order valence-electron chi connectivity index (χ2n) is 5.49. The average Bonchev–Trinajstić information content (AvgIpc) is 2.38. The van der Waals surface area contributed by atoms with Crippen molar-refractivity contribution in [2.24, 2.45) is 11.8 Å². The molecule has 0 amide bonds. The van der Waals surface area contributed by atoms with Crippen molar-refractivity contribution in [1.82, 2.24) is 0 Å². The van der Waals surface area contributed by atoms with Crippen LogP contribution in [0, 0.1) is 27.8 Å². The predicted octanol–water partition coefficient (Wildman–Crippen LogP) is 3.61. The maximum absolute atomic E-state index is 13.4. The molecule has 1 heterocycles. The number of nitrogens with zero attached hydrogens (tertiary/aromatic N) is 2. The Morgan fingerprint density at radius 3 is 2.47 bits per heavy atom. The third-order valence-corrected chi connectivity index (χ3v) is 3.93. The van der Waals surface area contributed by atoms with Crippen molar-refractivity contribution in [1.29, 1.82) is 0 Å². The van der Waals surface area contributed by atoms with Crippen LogP contribution in [0.4, 0.5) is 15.8 Å². The molecule has 0 bridgehead atoms. The highest BCUT2D eigenvalue weighted by molar-refractivity contribution is 5.53. The average molecular weight is 266 g/mol. The molecule has 5 heteroatoms. The number of nitro groups is 1. The summed E-state index contributed by atoms with van der Waals surface area (Å²) >= 11 is 0. The summed E-state index contributed by atoms with van der Waals surface area (Å²) in [6.45, 7) is 6.10. The number of nitro benzene ring substituents is 1. The lowest BCUT2D eigenvalue weighted by molar-refractivity contribution is -0.385. The van der Waals surface area contributed by atoms with E-state index < -0.39 is 10.7 Å². The molecule has 1 aromatic carbocycles. The van der Waals surface area contributed by atoms with E-state index in [1.807, 2.05) is 4.90 Å². The van der Waals surface area contributed by atoms with Gasteiger partial charge in [-0.25, -0.2) is 4.39 Å². The minimum absolute atomic E-state index is 0.180. The van der Waals surface area contributed by atoms with Crippen molar-refractivity contribution in [3.05, 3.63) is 34.1 Å². The van der Waals surface area contributed by atoms with Crippen molar-refractivity contribution < 1.29 is 9.31 Å². The number of hydrogen-bond acceptors (Lipinski definition) is 3. The van der Waals surface area contributed by atoms with E-state index in [1.54, 1.807) is 0 Å². The summed E-state index contributed by atoms with van der Waals surface area (Å²) in [7, 11) is 0. The van der Waals surface area contributed by atoms with Crippen LogP contribution in [-0.4, -0.2) is 18.0 Å². The van der Waals surface area contributed by atoms with Crippen LogP contribution in [-0.2, 0) is 0 Å². The van der Waals surface area contributed by atoms with Gasteiger partial charge in [-0.1, -0.05) is 13.8 Å². The van der Waals surface area contributed by atoms with Crippen LogP contribution in [0.25, 0.3) is 0 Å². The van der Waals surface area contributed by atoms with Gasteiger partial charge in [0.1, 0.15) is 5.82 Å². The summed E-state index contributed by atoms with van der Waals surface area (Å²) in [5.41, 5.74) is 0.440. The van der Waals surface area contributed by atoms with Crippen molar-refractivity contribution in [2.75, 3.05) is 18.0 Å². The van der Waals surface area contributed by atoms with Crippen LogP contribution >= 0.6 is 0 Å². The quantitative estimate of drug-likeness (QED) is 0.620. The molecule has 1 fully saturated rings. The van der Waals surface area contributed by atoms with E-state index in [4.69, 9.17) is 0 Å². The third kappa shape index (κ3) is 3.22. The Kier molecular flexibility index (Phi) is 4.02. The first-order chi connectivity index (χ1) is 8.97. The molecule has 1 aliphatic heterocycles. The summed E-state index contributed by atoms with van der Waals surface area (Å²) in [4.78, 5) is 12.2. The number of non-ortho nitro benzene ring substituents is 1. The lowest BCUT2D eigenvalue weighted by Gasteiger charge is -2.35. The molecule has 1 aromatic rings. The van der Waals surface area contributed by atoms with E-state index in [0.29, 0.717) is 17.5 Å². The molecule has 0 aromatic heterocycles. The Morgan fingerprint density at radius 1 is 1.32 bits per heavy atom. The van der Waals surface area contributed by atoms with Crippen LogP contribution in [0.2, 0.25) is 0 Å². The number of piperidine rings is 1. The molecule has 1 aliphatic rings. The zero-order valence-electron chi connectivity index (χ0n) is 11.3. The molecule has 4 nitrogen and oxygen atoms in total. The molecule has 1 saturated heterocycles. The van der Waals surface area contributed by atoms with Gasteiger partial charge in [0.2, 0.25) is 0 Å². The number of halogens is 1. The molecule has 2 rings (SSSR count). The Hall–Kier alpha value is -1.65. The zero-order valence-corrected chi connectivity index (χ0v) is 11.3. The maximum Gasteiger partial charge on any atom is 0.274 e. The number of hydrogen-bond donors (Lipinski definition) is 0. The minimum Gasteiger partial charge on any atom is -0.371 e. The summed E-state index contributed by atoms with van der Waals surface area (Å²) in [5, 5.41) is 10.7. The molecule has 0 spiro atoms. The van der Waals surface area contributed by atoms with Crippen molar-refractivity contribution >= 4 is 11.4 Å². The van der Waals surface area contributed by atoms with E-state index >= 15 is 0 Å². The summed E-state index contributed by atoms with van der Waals surface area (Å²) in [6, 6.07) is 3.80. The fourth-order valence-electron chi connectivity index (χ4n) is 2.67. The van der Waals surface area contributed by atoms with Gasteiger partial charge in [0.25, 0.3) is 5.69 Å². The van der Waals surface area contributed by atoms with Gasteiger partial charge in [-0.2, -0.15) is 0 Å². The highest BCUT2D eigenvalue weighted by Gasteiger charge is 2.23. The number of anilines is 1. The maximum atomic E-state index is 13.4. The van der Waals surface area contributed by atoms with Gasteiger partial charge in [0.05, 0.1) is 11.0 Å². The summed E-state index contributed by atoms with van der Waals surface area (Å²) in [5.74, 6) is 0.805. The van der Waals surface area contributed by atoms with E-state index in [2.05, 4.69) is 13.8 Å². The van der Waals surface area contributed by atoms with E-state index in [-0.39, 0.29) is 5.69 Å². The third-order valence-electron chi connectivity index (χ3n) is 3.93. The topological polar surface area (TPSA) is 46.4 Å². The Morgan fingerprint density at radius 2 is 1.95 bits per heavy atom. The molecule has 0 unspecified atom stereocenters. The van der Waals surface area contributed by atoms with Gasteiger partial charge in [-0.15, -0.1) is 0 Å². The Balaban J connectivity index is 2.13. The van der Waals surface area contributed by atoms with Gasteiger partial charge in [-0.3, -0.25) is 10.1 Å². The zero-order chi connectivity index (χ0) is 14.0. The fourth-order valence-corrected chi connectivity index (χ4v) is 2.67. The SMILES string of the molecule is CC(C)C1CCN(c2cc(F)cc([N+](=O)[O-])c2)CC1. The normalized spacial score (nSPS) is 16.9. The van der Waals surface area contributed by atoms with Crippen LogP contribution < -0.4 is 4.90 Å². The Labute approximate surface area is 112 Å². The predicted molar refractivity (Wildman–Crippen MR) is 72.8 cm³/mol. The standard InChI is InChI=1S/C14H19FN2O2/c1-10(2)11-3-5-16(6-4-11)13-7-12(15)8-14(9-13)17(18)19/h7-11H,3-6H2,1-2H3. The smallest absolute Gasteiger partial charge is 0.274 e. The van der Waals surface area contributed by atoms with Crippen LogP contribution in [0.1, 0.15) is 26.7 Å². The van der Waals surface area contributed by atoms with Crippen LogP contribution in [0.5, 0.6) is 0 Å². The molecule has 104 valence electrons. The highest BCUT2D eigenvalue weighted by Crippen LogP contribution is 2.30. The largest absolute Gasteiger partial charge is 0.371 e. The van der Waals surface area contributed by atoms with Gasteiger partial charge in [0.15, 0.2) is 0 Å². The molecule has 0 saturated carbocycles. The lowest BCUT2D eigenvalue weighted by Crippen LogP contribution is -2.35. The monoisotopic (exact) mass is 266 g/mol. The van der Waals surface area contributed by atoms with Gasteiger partial charge < -0.3 is 4.90 Å². The van der Waals surface area contributed by atoms with Gasteiger partial charge in [-0.05, 0) is 30.7 Å². The van der Waals surface area contributed by atoms with Gasteiger partial charge >= 0.3 is 0 Å². The molecule has 0 aliphatic carbocycles. The van der Waals surface area contributed by atoms with Crippen molar-refractivity contribution in [2.45, 2.75) is 26.7 Å². The first-order valence-electron chi connectivity index (χ1n) is 6.67. The number of benzene rings is 1. The van der Waals surface area contributed by atoms with Crippen molar-refractivity contribution in [3.63, 3.8) is 0 Å². The molecular weight excluding hydrogens is 247 g/mol. The van der Waals surface area contributed by atoms with Crippen LogP contribution in [0.15, 0.2) is 18.2 Å². The fraction of sp³-hybridized carbons (Fsp3) is 0.571. The summed E-state index contributed by atoms with van der Waals surface area (Å²) in [6.07, 6.45) is 2.12. The molecule has 0 N–H and O–H groups in total. The highest BCUT2D eigenvalue weighted by atomic mass is 19.1. The minimum atomic E-state index is -0.548. The Bertz CT molecular complexity index is 469. The lowest BCUT2D eigenvalue weighted by atomic mass is 9.86. The van der Waals surface area contributed by atoms with E-state index in [1.165, 1.54) is 12.1 Å². The number of rotatable bonds is 3. The second kappa shape index (κ2) is 5.55. The first kappa shape index (κ1) is 13.8.